The highest BCUT2D eigenvalue weighted by Crippen LogP contribution is 2.45. The topological polar surface area (TPSA) is 28.7 Å². The first kappa shape index (κ1) is 32.9. The maximum absolute atomic E-state index is 5.28. The summed E-state index contributed by atoms with van der Waals surface area (Å²) in [4.78, 5) is 10.2. The summed E-state index contributed by atoms with van der Waals surface area (Å²) in [6.45, 7) is 4.82. The van der Waals surface area contributed by atoms with Gasteiger partial charge in [-0.05, 0) is 113 Å². The zero-order valence-electron chi connectivity index (χ0n) is 32.3. The molecule has 0 unspecified atom stereocenters. The monoisotopic (exact) mass is 743 g/mol. The van der Waals surface area contributed by atoms with Gasteiger partial charge in [-0.25, -0.2) is 4.98 Å². The largest absolute Gasteiger partial charge is 0.311 e. The van der Waals surface area contributed by atoms with Crippen molar-refractivity contribution < 1.29 is 0 Å². The first-order chi connectivity index (χ1) is 28.6. The van der Waals surface area contributed by atoms with Crippen molar-refractivity contribution in [3.63, 3.8) is 0 Å². The number of fused-ring (bicyclic) bond motifs is 9. The molecule has 0 N–H and O–H groups in total. The van der Waals surface area contributed by atoms with Crippen molar-refractivity contribution in [3.05, 3.63) is 205 Å². The van der Waals surface area contributed by atoms with Gasteiger partial charge in [0.15, 0.2) is 0 Å². The standard InChI is InChI=1S/C52H38BN5/c1-52(2)40-26-17-29-46-50(40)53(42-31-30-39(32-41(42)52)55(35-18-7-3-8-19-35)36-20-9-4-10-21-36)43-33-48-49(34-47(43)56(46)37-22-11-5-12-23-37)58-45-28-16-15-27-44(45)54-51(58)57(48)38-24-13-6-14-25-38/h3-34H,1-2H3. The van der Waals surface area contributed by atoms with Gasteiger partial charge in [-0.15, -0.1) is 0 Å². The fourth-order valence-corrected chi connectivity index (χ4v) is 9.99. The average Bonchev–Trinajstić information content (AvgIpc) is 3.80. The molecule has 6 heteroatoms. The molecule has 0 saturated carbocycles. The number of para-hydroxylation sites is 6. The molecule has 58 heavy (non-hydrogen) atoms. The second-order valence-electron chi connectivity index (χ2n) is 16.1. The predicted octanol–water partition coefficient (Wildman–Crippen LogP) is 10.8. The van der Waals surface area contributed by atoms with Crippen LogP contribution >= 0.6 is 0 Å². The Labute approximate surface area is 337 Å². The molecule has 0 fully saturated rings. The molecule has 2 aromatic heterocycles. The van der Waals surface area contributed by atoms with Crippen LogP contribution < -0.4 is 26.2 Å². The SMILES string of the molecule is CC1(C)c2cc(N(c3ccccc3)c3ccccc3)ccc2B2c3cc4c(cc3N(c3ccccc3)c3cccc1c32)n1c2ccccc2nc1n4-c1ccccc1. The Morgan fingerprint density at radius 1 is 0.483 bits per heavy atom. The maximum atomic E-state index is 5.28. The maximum Gasteiger partial charge on any atom is 0.247 e. The number of anilines is 6. The lowest BCUT2D eigenvalue weighted by Crippen LogP contribution is -2.64. The van der Waals surface area contributed by atoms with Crippen LogP contribution in [0.15, 0.2) is 194 Å². The van der Waals surface area contributed by atoms with Crippen molar-refractivity contribution in [2.45, 2.75) is 19.3 Å². The molecule has 0 saturated heterocycles. The van der Waals surface area contributed by atoms with Crippen molar-refractivity contribution in [2.24, 2.45) is 0 Å². The van der Waals surface area contributed by atoms with Gasteiger partial charge in [-0.3, -0.25) is 8.97 Å². The Bertz CT molecular complexity index is 3170. The summed E-state index contributed by atoms with van der Waals surface area (Å²) >= 11 is 0. The van der Waals surface area contributed by atoms with Crippen LogP contribution in [0.3, 0.4) is 0 Å². The Morgan fingerprint density at radius 3 is 1.83 bits per heavy atom. The lowest BCUT2D eigenvalue weighted by Gasteiger charge is -2.45. The quantitative estimate of drug-likeness (QED) is 0.164. The third kappa shape index (κ3) is 4.63. The van der Waals surface area contributed by atoms with E-state index in [4.69, 9.17) is 4.98 Å². The molecule has 0 amide bonds. The first-order valence-corrected chi connectivity index (χ1v) is 20.1. The molecule has 274 valence electrons. The van der Waals surface area contributed by atoms with Gasteiger partial charge in [0.25, 0.3) is 0 Å². The normalized spacial score (nSPS) is 13.8. The van der Waals surface area contributed by atoms with E-state index in [-0.39, 0.29) is 12.1 Å². The molecular weight excluding hydrogens is 705 g/mol. The molecule has 4 heterocycles. The second kappa shape index (κ2) is 12.3. The molecule has 0 radical (unpaired) electrons. The van der Waals surface area contributed by atoms with E-state index in [1.165, 1.54) is 38.9 Å². The zero-order valence-corrected chi connectivity index (χ0v) is 32.3. The van der Waals surface area contributed by atoms with Crippen molar-refractivity contribution in [1.82, 2.24) is 14.0 Å². The molecule has 0 spiro atoms. The van der Waals surface area contributed by atoms with Gasteiger partial charge in [0.05, 0.1) is 22.1 Å². The number of imidazole rings is 2. The van der Waals surface area contributed by atoms with Crippen molar-refractivity contribution in [3.8, 4) is 5.69 Å². The van der Waals surface area contributed by atoms with Gasteiger partial charge in [-0.2, -0.15) is 0 Å². The van der Waals surface area contributed by atoms with Gasteiger partial charge in [0.1, 0.15) is 0 Å². The van der Waals surface area contributed by atoms with E-state index in [1.807, 2.05) is 0 Å². The van der Waals surface area contributed by atoms with Crippen LogP contribution in [0.1, 0.15) is 25.0 Å². The molecule has 2 aliphatic rings. The Morgan fingerprint density at radius 2 is 1.12 bits per heavy atom. The predicted molar refractivity (Wildman–Crippen MR) is 242 cm³/mol. The average molecular weight is 744 g/mol. The molecule has 8 aromatic carbocycles. The Kier molecular flexibility index (Phi) is 7.00. The minimum Gasteiger partial charge on any atom is -0.311 e. The van der Waals surface area contributed by atoms with Gasteiger partial charge in [-0.1, -0.05) is 122 Å². The summed E-state index contributed by atoms with van der Waals surface area (Å²) in [5.74, 6) is 0.908. The lowest BCUT2D eigenvalue weighted by molar-refractivity contribution is 0.646. The van der Waals surface area contributed by atoms with E-state index in [2.05, 4.69) is 227 Å². The van der Waals surface area contributed by atoms with Crippen molar-refractivity contribution in [2.75, 3.05) is 9.80 Å². The first-order valence-electron chi connectivity index (χ1n) is 20.1. The van der Waals surface area contributed by atoms with Crippen LogP contribution in [0, 0.1) is 0 Å². The number of aromatic nitrogens is 3. The Balaban J connectivity index is 1.17. The summed E-state index contributed by atoms with van der Waals surface area (Å²) in [6.07, 6.45) is 0. The van der Waals surface area contributed by atoms with E-state index in [1.54, 1.807) is 0 Å². The van der Waals surface area contributed by atoms with Gasteiger partial charge < -0.3 is 9.80 Å². The number of benzene rings is 8. The molecule has 0 atom stereocenters. The van der Waals surface area contributed by atoms with Gasteiger partial charge in [0, 0.05) is 45.2 Å². The van der Waals surface area contributed by atoms with E-state index in [0.717, 1.165) is 56.3 Å². The van der Waals surface area contributed by atoms with Gasteiger partial charge in [0.2, 0.25) is 12.5 Å². The number of nitrogens with zero attached hydrogens (tertiary/aromatic N) is 5. The van der Waals surface area contributed by atoms with E-state index in [0.29, 0.717) is 0 Å². The summed E-state index contributed by atoms with van der Waals surface area (Å²) < 4.78 is 4.69. The molecule has 2 aliphatic heterocycles. The van der Waals surface area contributed by atoms with Crippen LogP contribution in [0.5, 0.6) is 0 Å². The molecule has 0 aliphatic carbocycles. The van der Waals surface area contributed by atoms with E-state index < -0.39 is 0 Å². The number of hydrogen-bond acceptors (Lipinski definition) is 3. The highest BCUT2D eigenvalue weighted by Gasteiger charge is 2.46. The minimum atomic E-state index is -0.278. The summed E-state index contributed by atoms with van der Waals surface area (Å²) in [5, 5.41) is 0. The number of hydrogen-bond donors (Lipinski definition) is 0. The molecule has 12 rings (SSSR count). The van der Waals surface area contributed by atoms with Crippen molar-refractivity contribution in [1.29, 1.82) is 0 Å². The third-order valence-corrected chi connectivity index (χ3v) is 12.5. The lowest BCUT2D eigenvalue weighted by atomic mass is 9.30. The Hall–Kier alpha value is -7.31. The summed E-state index contributed by atoms with van der Waals surface area (Å²) in [5.41, 5.74) is 18.8. The fraction of sp³-hybridized carbons (Fsp3) is 0.0577. The highest BCUT2D eigenvalue weighted by atomic mass is 15.2. The highest BCUT2D eigenvalue weighted by molar-refractivity contribution is 6.99. The van der Waals surface area contributed by atoms with Crippen LogP contribution in [0.4, 0.5) is 34.1 Å². The molecule has 5 nitrogen and oxygen atoms in total. The fourth-order valence-electron chi connectivity index (χ4n) is 9.99. The van der Waals surface area contributed by atoms with E-state index >= 15 is 0 Å². The van der Waals surface area contributed by atoms with Crippen LogP contribution in [0.2, 0.25) is 0 Å². The molecule has 10 aromatic rings. The number of rotatable bonds is 5. The van der Waals surface area contributed by atoms with Crippen molar-refractivity contribution >= 4 is 85.1 Å². The van der Waals surface area contributed by atoms with Gasteiger partial charge >= 0.3 is 0 Å². The smallest absolute Gasteiger partial charge is 0.247 e. The van der Waals surface area contributed by atoms with Crippen LogP contribution in [-0.4, -0.2) is 20.7 Å². The third-order valence-electron chi connectivity index (χ3n) is 12.5. The summed E-state index contributed by atoms with van der Waals surface area (Å²) in [7, 11) is 0. The minimum absolute atomic E-state index is 0.00715. The molecular formula is C52H38BN5. The van der Waals surface area contributed by atoms with E-state index in [9.17, 15) is 0 Å². The summed E-state index contributed by atoms with van der Waals surface area (Å²) in [6, 6.07) is 70.5. The van der Waals surface area contributed by atoms with Crippen LogP contribution in [-0.2, 0) is 5.41 Å². The van der Waals surface area contributed by atoms with Crippen LogP contribution in [0.25, 0.3) is 33.5 Å². The zero-order chi connectivity index (χ0) is 38.5. The molecule has 0 bridgehead atoms. The second-order valence-corrected chi connectivity index (χ2v) is 16.1.